The third kappa shape index (κ3) is 8.05. The number of ether oxygens (including phenoxy) is 1. The van der Waals surface area contributed by atoms with Crippen molar-refractivity contribution in [2.24, 2.45) is 0 Å². The molecule has 0 saturated carbocycles. The summed E-state index contributed by atoms with van der Waals surface area (Å²) in [4.78, 5) is 27.4. The molecule has 0 spiro atoms. The second kappa shape index (κ2) is 13.2. The molecule has 162 valence electrons. The summed E-state index contributed by atoms with van der Waals surface area (Å²) in [6.07, 6.45) is 7.86. The summed E-state index contributed by atoms with van der Waals surface area (Å²) in [7, 11) is 0. The largest absolute Gasteiger partial charge is 0.382 e. The lowest BCUT2D eigenvalue weighted by Gasteiger charge is -2.30. The lowest BCUT2D eigenvalue weighted by atomic mass is 10.1. The molecule has 0 unspecified atom stereocenters. The number of rotatable bonds is 12. The van der Waals surface area contributed by atoms with Gasteiger partial charge in [-0.25, -0.2) is 0 Å². The molecule has 0 bridgehead atoms. The van der Waals surface area contributed by atoms with Crippen molar-refractivity contribution in [3.63, 3.8) is 0 Å². The number of nitrogens with one attached hydrogen (secondary N) is 2. The van der Waals surface area contributed by atoms with Gasteiger partial charge in [-0.1, -0.05) is 19.8 Å². The molecule has 1 aromatic rings. The first-order chi connectivity index (χ1) is 14.2. The minimum atomic E-state index is -0.0934. The minimum Gasteiger partial charge on any atom is -0.382 e. The molecule has 1 aliphatic rings. The Morgan fingerprint density at radius 3 is 2.59 bits per heavy atom. The zero-order chi connectivity index (χ0) is 20.9. The van der Waals surface area contributed by atoms with Crippen LogP contribution in [0.4, 0.5) is 11.4 Å². The Hall–Kier alpha value is -2.08. The van der Waals surface area contributed by atoms with E-state index in [0.717, 1.165) is 57.3 Å². The van der Waals surface area contributed by atoms with Gasteiger partial charge < -0.3 is 20.3 Å². The molecule has 6 nitrogen and oxygen atoms in total. The van der Waals surface area contributed by atoms with Gasteiger partial charge in [0, 0.05) is 50.6 Å². The topological polar surface area (TPSA) is 70.7 Å². The molecular weight excluding hydrogens is 366 g/mol. The van der Waals surface area contributed by atoms with E-state index in [1.807, 2.05) is 25.1 Å². The number of unbranched alkanes of at least 4 members (excludes halogenated alkanes) is 2. The number of hydrogen-bond acceptors (Lipinski definition) is 4. The first-order valence-electron chi connectivity index (χ1n) is 11.2. The molecular formula is C23H37N3O3. The highest BCUT2D eigenvalue weighted by atomic mass is 16.5. The molecule has 1 fully saturated rings. The Bertz CT molecular complexity index is 642. The summed E-state index contributed by atoms with van der Waals surface area (Å²) in [6, 6.07) is 5.70. The Labute approximate surface area is 175 Å². The van der Waals surface area contributed by atoms with Crippen LogP contribution in [0.3, 0.4) is 0 Å². The van der Waals surface area contributed by atoms with Crippen molar-refractivity contribution in [2.75, 3.05) is 43.1 Å². The van der Waals surface area contributed by atoms with Crippen molar-refractivity contribution in [1.29, 1.82) is 0 Å². The molecule has 29 heavy (non-hydrogen) atoms. The molecule has 0 aliphatic carbocycles. The summed E-state index contributed by atoms with van der Waals surface area (Å²) in [5, 5.41) is 5.95. The molecule has 1 aromatic carbocycles. The van der Waals surface area contributed by atoms with Crippen molar-refractivity contribution >= 4 is 23.2 Å². The number of carbonyl (C=O) groups is 2. The van der Waals surface area contributed by atoms with Gasteiger partial charge in [-0.15, -0.1) is 0 Å². The Kier molecular flexibility index (Phi) is 10.6. The molecule has 0 radical (unpaired) electrons. The first kappa shape index (κ1) is 23.2. The average Bonchev–Trinajstić information content (AvgIpc) is 2.74. The molecule has 1 heterocycles. The lowest BCUT2D eigenvalue weighted by molar-refractivity contribution is -0.116. The normalized spacial score (nSPS) is 13.9. The SMILES string of the molecule is CCCCCC(=O)Nc1ccc(N2CCCCC2)c(C(=O)NCCCOCC)c1. The van der Waals surface area contributed by atoms with E-state index in [9.17, 15) is 9.59 Å². The number of nitrogens with zero attached hydrogens (tertiary/aromatic N) is 1. The van der Waals surface area contributed by atoms with Crippen molar-refractivity contribution in [1.82, 2.24) is 5.32 Å². The number of piperidine rings is 1. The van der Waals surface area contributed by atoms with Crippen LogP contribution in [0.5, 0.6) is 0 Å². The monoisotopic (exact) mass is 403 g/mol. The second-order valence-electron chi connectivity index (χ2n) is 7.59. The number of hydrogen-bond donors (Lipinski definition) is 2. The number of benzene rings is 1. The van der Waals surface area contributed by atoms with E-state index in [1.54, 1.807) is 0 Å². The summed E-state index contributed by atoms with van der Waals surface area (Å²) in [5.74, 6) is -0.0867. The van der Waals surface area contributed by atoms with Crippen molar-refractivity contribution < 1.29 is 14.3 Å². The molecule has 2 amide bonds. The fourth-order valence-corrected chi connectivity index (χ4v) is 3.58. The maximum absolute atomic E-state index is 12.9. The number of anilines is 2. The van der Waals surface area contributed by atoms with Gasteiger partial charge >= 0.3 is 0 Å². The Balaban J connectivity index is 2.07. The van der Waals surface area contributed by atoms with Crippen LogP contribution >= 0.6 is 0 Å². The van der Waals surface area contributed by atoms with Crippen molar-refractivity contribution in [2.45, 2.75) is 65.2 Å². The minimum absolute atomic E-state index is 0.00671. The van der Waals surface area contributed by atoms with Crippen LogP contribution in [0.15, 0.2) is 18.2 Å². The van der Waals surface area contributed by atoms with Crippen molar-refractivity contribution in [3.8, 4) is 0 Å². The average molecular weight is 404 g/mol. The molecule has 1 aliphatic heterocycles. The first-order valence-corrected chi connectivity index (χ1v) is 11.2. The van der Waals surface area contributed by atoms with Gasteiger partial charge in [-0.3, -0.25) is 9.59 Å². The number of carbonyl (C=O) groups excluding carboxylic acids is 2. The van der Waals surface area contributed by atoms with E-state index in [-0.39, 0.29) is 11.8 Å². The zero-order valence-electron chi connectivity index (χ0n) is 18.1. The highest BCUT2D eigenvalue weighted by Gasteiger charge is 2.19. The molecule has 1 saturated heterocycles. The highest BCUT2D eigenvalue weighted by Crippen LogP contribution is 2.27. The van der Waals surface area contributed by atoms with E-state index in [4.69, 9.17) is 4.74 Å². The van der Waals surface area contributed by atoms with Crippen LogP contribution < -0.4 is 15.5 Å². The van der Waals surface area contributed by atoms with Crippen LogP contribution in [0.2, 0.25) is 0 Å². The van der Waals surface area contributed by atoms with Gasteiger partial charge in [0.15, 0.2) is 0 Å². The second-order valence-corrected chi connectivity index (χ2v) is 7.59. The maximum atomic E-state index is 12.9. The van der Waals surface area contributed by atoms with Gasteiger partial charge in [0.25, 0.3) is 5.91 Å². The van der Waals surface area contributed by atoms with Crippen LogP contribution in [0.25, 0.3) is 0 Å². The van der Waals surface area contributed by atoms with Crippen LogP contribution in [0, 0.1) is 0 Å². The van der Waals surface area contributed by atoms with Gasteiger partial charge in [-0.2, -0.15) is 0 Å². The van der Waals surface area contributed by atoms with Crippen LogP contribution in [-0.2, 0) is 9.53 Å². The van der Waals surface area contributed by atoms with Gasteiger partial charge in [-0.05, 0) is 57.2 Å². The fraction of sp³-hybridized carbons (Fsp3) is 0.652. The van der Waals surface area contributed by atoms with E-state index in [1.165, 1.54) is 6.42 Å². The van der Waals surface area contributed by atoms with Gasteiger partial charge in [0.1, 0.15) is 0 Å². The van der Waals surface area contributed by atoms with Gasteiger partial charge in [0.05, 0.1) is 5.56 Å². The van der Waals surface area contributed by atoms with E-state index < -0.39 is 0 Å². The van der Waals surface area contributed by atoms with Gasteiger partial charge in [0.2, 0.25) is 5.91 Å². The quantitative estimate of drug-likeness (QED) is 0.509. The summed E-state index contributed by atoms with van der Waals surface area (Å²) >= 11 is 0. The third-order valence-electron chi connectivity index (χ3n) is 5.18. The summed E-state index contributed by atoms with van der Waals surface area (Å²) in [5.41, 5.74) is 2.28. The smallest absolute Gasteiger partial charge is 0.253 e. The molecule has 2 rings (SSSR count). The van der Waals surface area contributed by atoms with E-state index in [0.29, 0.717) is 37.4 Å². The Morgan fingerprint density at radius 1 is 1.07 bits per heavy atom. The molecule has 0 atom stereocenters. The van der Waals surface area contributed by atoms with Crippen molar-refractivity contribution in [3.05, 3.63) is 23.8 Å². The fourth-order valence-electron chi connectivity index (χ4n) is 3.58. The molecule has 6 heteroatoms. The van der Waals surface area contributed by atoms with Crippen LogP contribution in [-0.4, -0.2) is 44.7 Å². The highest BCUT2D eigenvalue weighted by molar-refractivity contribution is 6.02. The van der Waals surface area contributed by atoms with E-state index in [2.05, 4.69) is 22.5 Å². The third-order valence-corrected chi connectivity index (χ3v) is 5.18. The van der Waals surface area contributed by atoms with Crippen LogP contribution in [0.1, 0.15) is 75.6 Å². The maximum Gasteiger partial charge on any atom is 0.253 e. The molecule has 0 aromatic heterocycles. The summed E-state index contributed by atoms with van der Waals surface area (Å²) in [6.45, 7) is 7.92. The predicted octanol–water partition coefficient (Wildman–Crippen LogP) is 4.35. The predicted molar refractivity (Wildman–Crippen MR) is 119 cm³/mol. The summed E-state index contributed by atoms with van der Waals surface area (Å²) < 4.78 is 5.34. The zero-order valence-corrected chi connectivity index (χ0v) is 18.1. The lowest BCUT2D eigenvalue weighted by Crippen LogP contribution is -2.33. The van der Waals surface area contributed by atoms with E-state index >= 15 is 0 Å². The standard InChI is InChI=1S/C23H37N3O3/c1-3-5-7-11-22(27)25-19-12-13-21(26-15-8-6-9-16-26)20(18-19)23(28)24-14-10-17-29-4-2/h12-13,18H,3-11,14-17H2,1-2H3,(H,24,28)(H,25,27). The number of amides is 2. The Morgan fingerprint density at radius 2 is 1.86 bits per heavy atom. The molecule has 2 N–H and O–H groups in total.